The van der Waals surface area contributed by atoms with Crippen molar-refractivity contribution < 1.29 is 13.6 Å². The molecule has 0 aliphatic rings. The van der Waals surface area contributed by atoms with E-state index >= 15 is 0 Å². The lowest BCUT2D eigenvalue weighted by Gasteiger charge is -2.05. The highest BCUT2D eigenvalue weighted by molar-refractivity contribution is 9.11. The molecule has 0 saturated carbocycles. The van der Waals surface area contributed by atoms with Crippen LogP contribution in [0.25, 0.3) is 0 Å². The number of carbonyl (C=O) groups is 1. The number of rotatable bonds is 4. The molecule has 1 rings (SSSR count). The third-order valence-electron chi connectivity index (χ3n) is 1.86. The number of hydrogen-bond acceptors (Lipinski definition) is 1. The molecule has 0 aromatic heterocycles. The number of nitrogens with one attached hydrogen (secondary N) is 1. The van der Waals surface area contributed by atoms with Crippen LogP contribution in [-0.2, 0) is 11.2 Å². The van der Waals surface area contributed by atoms with Crippen molar-refractivity contribution in [1.82, 2.24) is 5.32 Å². The standard InChI is InChI=1S/C11H10BrF2NO/c1-7(12)6-15-10(16)5-8-3-2-4-9(13)11(8)14/h2-4H,1,5-6H2,(H,15,16). The van der Waals surface area contributed by atoms with Crippen molar-refractivity contribution in [3.63, 3.8) is 0 Å². The van der Waals surface area contributed by atoms with Gasteiger partial charge in [-0.3, -0.25) is 4.79 Å². The lowest BCUT2D eigenvalue weighted by molar-refractivity contribution is -0.120. The van der Waals surface area contributed by atoms with Crippen LogP contribution < -0.4 is 5.32 Å². The number of amides is 1. The fourth-order valence-electron chi connectivity index (χ4n) is 1.11. The van der Waals surface area contributed by atoms with E-state index in [2.05, 4.69) is 27.8 Å². The molecule has 0 bridgehead atoms. The molecule has 1 N–H and O–H groups in total. The van der Waals surface area contributed by atoms with Crippen LogP contribution in [0.4, 0.5) is 8.78 Å². The van der Waals surface area contributed by atoms with E-state index in [4.69, 9.17) is 0 Å². The fraction of sp³-hybridized carbons (Fsp3) is 0.182. The van der Waals surface area contributed by atoms with Crippen LogP contribution in [0.5, 0.6) is 0 Å². The van der Waals surface area contributed by atoms with E-state index in [0.717, 1.165) is 6.07 Å². The molecule has 5 heteroatoms. The molecule has 0 aliphatic heterocycles. The van der Waals surface area contributed by atoms with E-state index in [1.807, 2.05) is 0 Å². The molecule has 1 aromatic rings. The summed E-state index contributed by atoms with van der Waals surface area (Å²) in [5, 5.41) is 2.50. The van der Waals surface area contributed by atoms with E-state index in [1.54, 1.807) is 0 Å². The van der Waals surface area contributed by atoms with Gasteiger partial charge in [0.15, 0.2) is 11.6 Å². The Kier molecular flexibility index (Phi) is 4.61. The number of hydrogen-bond donors (Lipinski definition) is 1. The van der Waals surface area contributed by atoms with Gasteiger partial charge in [0.2, 0.25) is 5.91 Å². The number of halogens is 3. The summed E-state index contributed by atoms with van der Waals surface area (Å²) in [6.45, 7) is 3.79. The van der Waals surface area contributed by atoms with Gasteiger partial charge >= 0.3 is 0 Å². The van der Waals surface area contributed by atoms with Crippen LogP contribution in [0.15, 0.2) is 29.3 Å². The maximum Gasteiger partial charge on any atom is 0.224 e. The van der Waals surface area contributed by atoms with Crippen LogP contribution in [0.1, 0.15) is 5.56 Å². The van der Waals surface area contributed by atoms with Gasteiger partial charge in [0.25, 0.3) is 0 Å². The molecule has 0 unspecified atom stereocenters. The highest BCUT2D eigenvalue weighted by atomic mass is 79.9. The first-order chi connectivity index (χ1) is 7.50. The van der Waals surface area contributed by atoms with Gasteiger partial charge in [-0.1, -0.05) is 34.6 Å². The van der Waals surface area contributed by atoms with Crippen molar-refractivity contribution in [1.29, 1.82) is 0 Å². The summed E-state index contributed by atoms with van der Waals surface area (Å²) in [5.41, 5.74) is 0.0395. The smallest absolute Gasteiger partial charge is 0.224 e. The van der Waals surface area contributed by atoms with Crippen LogP contribution in [0.3, 0.4) is 0 Å². The summed E-state index contributed by atoms with van der Waals surface area (Å²) in [7, 11) is 0. The van der Waals surface area contributed by atoms with Gasteiger partial charge in [0.1, 0.15) is 0 Å². The molecule has 1 amide bonds. The quantitative estimate of drug-likeness (QED) is 0.907. The second-order valence-electron chi connectivity index (χ2n) is 3.18. The molecule has 0 spiro atoms. The average Bonchev–Trinajstić information content (AvgIpc) is 2.22. The number of carbonyl (C=O) groups excluding carboxylic acids is 1. The Morgan fingerprint density at radius 1 is 1.44 bits per heavy atom. The van der Waals surface area contributed by atoms with Crippen molar-refractivity contribution in [2.75, 3.05) is 6.54 Å². The van der Waals surface area contributed by atoms with E-state index in [0.29, 0.717) is 4.48 Å². The molecule has 2 nitrogen and oxygen atoms in total. The van der Waals surface area contributed by atoms with Gasteiger partial charge in [-0.25, -0.2) is 8.78 Å². The van der Waals surface area contributed by atoms with Gasteiger partial charge < -0.3 is 5.32 Å². The predicted molar refractivity (Wildman–Crippen MR) is 61.1 cm³/mol. The summed E-state index contributed by atoms with van der Waals surface area (Å²) >= 11 is 3.07. The summed E-state index contributed by atoms with van der Waals surface area (Å²) in [4.78, 5) is 11.3. The van der Waals surface area contributed by atoms with Crippen molar-refractivity contribution in [3.05, 3.63) is 46.5 Å². The Balaban J connectivity index is 2.63. The molecular formula is C11H10BrF2NO. The Bertz CT molecular complexity index is 420. The summed E-state index contributed by atoms with van der Waals surface area (Å²) in [6, 6.07) is 3.75. The highest BCUT2D eigenvalue weighted by Gasteiger charge is 2.11. The summed E-state index contributed by atoms with van der Waals surface area (Å²) in [5.74, 6) is -2.31. The molecule has 0 saturated heterocycles. The molecule has 0 heterocycles. The monoisotopic (exact) mass is 289 g/mol. The molecule has 0 fully saturated rings. The lowest BCUT2D eigenvalue weighted by Crippen LogP contribution is -2.26. The zero-order chi connectivity index (χ0) is 12.1. The maximum atomic E-state index is 13.2. The Morgan fingerprint density at radius 3 is 2.75 bits per heavy atom. The molecule has 16 heavy (non-hydrogen) atoms. The third-order valence-corrected chi connectivity index (χ3v) is 2.14. The minimum absolute atomic E-state index is 0.0395. The van der Waals surface area contributed by atoms with Gasteiger partial charge in [-0.05, 0) is 6.07 Å². The van der Waals surface area contributed by atoms with E-state index in [1.165, 1.54) is 12.1 Å². The first kappa shape index (κ1) is 12.8. The minimum atomic E-state index is -0.977. The normalized spacial score (nSPS) is 9.94. The molecule has 1 aromatic carbocycles. The Hall–Kier alpha value is -1.23. The first-order valence-corrected chi connectivity index (χ1v) is 5.33. The Morgan fingerprint density at radius 2 is 2.12 bits per heavy atom. The van der Waals surface area contributed by atoms with Crippen molar-refractivity contribution in [2.24, 2.45) is 0 Å². The van der Waals surface area contributed by atoms with Gasteiger partial charge in [-0.15, -0.1) is 0 Å². The highest BCUT2D eigenvalue weighted by Crippen LogP contribution is 2.11. The zero-order valence-electron chi connectivity index (χ0n) is 8.40. The van der Waals surface area contributed by atoms with Gasteiger partial charge in [-0.2, -0.15) is 0 Å². The fourth-order valence-corrected chi connectivity index (χ4v) is 1.26. The second-order valence-corrected chi connectivity index (χ2v) is 4.31. The van der Waals surface area contributed by atoms with Crippen LogP contribution in [0.2, 0.25) is 0 Å². The third kappa shape index (κ3) is 3.73. The second kappa shape index (κ2) is 5.75. The van der Waals surface area contributed by atoms with E-state index in [-0.39, 0.29) is 24.4 Å². The number of benzene rings is 1. The molecule has 86 valence electrons. The zero-order valence-corrected chi connectivity index (χ0v) is 9.98. The summed E-state index contributed by atoms with van der Waals surface area (Å²) in [6.07, 6.45) is -0.191. The minimum Gasteiger partial charge on any atom is -0.351 e. The van der Waals surface area contributed by atoms with Gasteiger partial charge in [0.05, 0.1) is 6.42 Å². The van der Waals surface area contributed by atoms with Crippen molar-refractivity contribution in [3.8, 4) is 0 Å². The summed E-state index contributed by atoms with van der Waals surface area (Å²) < 4.78 is 26.6. The SMILES string of the molecule is C=C(Br)CNC(=O)Cc1cccc(F)c1F. The maximum absolute atomic E-state index is 13.2. The van der Waals surface area contributed by atoms with Crippen LogP contribution >= 0.6 is 15.9 Å². The molecule has 0 radical (unpaired) electrons. The lowest BCUT2D eigenvalue weighted by atomic mass is 10.1. The molecule has 0 aliphatic carbocycles. The molecular weight excluding hydrogens is 280 g/mol. The first-order valence-electron chi connectivity index (χ1n) is 4.53. The van der Waals surface area contributed by atoms with Crippen LogP contribution in [-0.4, -0.2) is 12.5 Å². The van der Waals surface area contributed by atoms with Crippen LogP contribution in [0, 0.1) is 11.6 Å². The van der Waals surface area contributed by atoms with E-state index in [9.17, 15) is 13.6 Å². The topological polar surface area (TPSA) is 29.1 Å². The molecule has 0 atom stereocenters. The predicted octanol–water partition coefficient (Wildman–Crippen LogP) is 2.53. The van der Waals surface area contributed by atoms with Gasteiger partial charge in [0, 0.05) is 16.6 Å². The Labute approximate surface area is 100 Å². The van der Waals surface area contributed by atoms with Crippen molar-refractivity contribution in [2.45, 2.75) is 6.42 Å². The average molecular weight is 290 g/mol. The van der Waals surface area contributed by atoms with E-state index < -0.39 is 11.6 Å². The largest absolute Gasteiger partial charge is 0.351 e. The van der Waals surface area contributed by atoms with Crippen molar-refractivity contribution >= 4 is 21.8 Å².